The van der Waals surface area contributed by atoms with Gasteiger partial charge in [-0.25, -0.2) is 0 Å². The first-order valence-electron chi connectivity index (χ1n) is 5.32. The molecule has 1 aliphatic heterocycles. The number of carboxylic acids is 1. The number of hydrogen-bond donors (Lipinski definition) is 2. The van der Waals surface area contributed by atoms with E-state index in [0.717, 1.165) is 19.5 Å². The Morgan fingerprint density at radius 1 is 1.71 bits per heavy atom. The molecule has 4 nitrogen and oxygen atoms in total. The van der Waals surface area contributed by atoms with Gasteiger partial charge < -0.3 is 10.8 Å². The molecule has 0 aliphatic carbocycles. The van der Waals surface area contributed by atoms with Gasteiger partial charge >= 0.3 is 5.97 Å². The summed E-state index contributed by atoms with van der Waals surface area (Å²) in [6.07, 6.45) is 2.88. The Kier molecular flexibility index (Phi) is 4.35. The first-order valence-corrected chi connectivity index (χ1v) is 5.32. The molecule has 4 heteroatoms. The molecule has 0 amide bonds. The third kappa shape index (κ3) is 2.96. The molecule has 14 heavy (non-hydrogen) atoms. The number of nitrogens with two attached hydrogens (primary N) is 1. The highest BCUT2D eigenvalue weighted by molar-refractivity contribution is 5.73. The van der Waals surface area contributed by atoms with Gasteiger partial charge in [0.05, 0.1) is 0 Å². The molecule has 0 spiro atoms. The molecule has 1 heterocycles. The van der Waals surface area contributed by atoms with Gasteiger partial charge in [0.25, 0.3) is 0 Å². The van der Waals surface area contributed by atoms with E-state index >= 15 is 0 Å². The van der Waals surface area contributed by atoms with Crippen LogP contribution in [0, 0.1) is 5.92 Å². The second kappa shape index (κ2) is 5.32. The van der Waals surface area contributed by atoms with E-state index in [1.54, 1.807) is 0 Å². The minimum atomic E-state index is -0.732. The minimum Gasteiger partial charge on any atom is -0.480 e. The van der Waals surface area contributed by atoms with Gasteiger partial charge in [0.15, 0.2) is 0 Å². The second-order valence-corrected chi connectivity index (χ2v) is 4.17. The van der Waals surface area contributed by atoms with Crippen molar-refractivity contribution in [1.82, 2.24) is 4.90 Å². The average Bonchev–Trinajstić information content (AvgIpc) is 2.13. The molecule has 2 unspecified atom stereocenters. The SMILES string of the molecule is CC1CCCN(C(CCN)C(=O)O)C1. The largest absolute Gasteiger partial charge is 0.480 e. The summed E-state index contributed by atoms with van der Waals surface area (Å²) in [7, 11) is 0. The van der Waals surface area contributed by atoms with Crippen molar-refractivity contribution in [2.45, 2.75) is 32.2 Å². The van der Waals surface area contributed by atoms with E-state index in [9.17, 15) is 4.79 Å². The Morgan fingerprint density at radius 3 is 2.93 bits per heavy atom. The summed E-state index contributed by atoms with van der Waals surface area (Å²) in [4.78, 5) is 13.1. The Morgan fingerprint density at radius 2 is 2.43 bits per heavy atom. The molecule has 0 aromatic rings. The van der Waals surface area contributed by atoms with Crippen molar-refractivity contribution in [3.8, 4) is 0 Å². The zero-order valence-electron chi connectivity index (χ0n) is 8.78. The molecule has 1 rings (SSSR count). The van der Waals surface area contributed by atoms with E-state index in [0.29, 0.717) is 18.9 Å². The lowest BCUT2D eigenvalue weighted by Gasteiger charge is -2.34. The van der Waals surface area contributed by atoms with E-state index in [1.807, 2.05) is 0 Å². The van der Waals surface area contributed by atoms with E-state index in [4.69, 9.17) is 10.8 Å². The molecule has 0 aromatic heterocycles. The lowest BCUT2D eigenvalue weighted by Crippen LogP contribution is -2.47. The molecular weight excluding hydrogens is 180 g/mol. The molecule has 0 radical (unpaired) electrons. The van der Waals surface area contributed by atoms with Crippen LogP contribution in [-0.2, 0) is 4.79 Å². The quantitative estimate of drug-likeness (QED) is 0.694. The first kappa shape index (κ1) is 11.5. The number of carbonyl (C=O) groups is 1. The fraction of sp³-hybridized carbons (Fsp3) is 0.900. The van der Waals surface area contributed by atoms with Gasteiger partial charge in [0.2, 0.25) is 0 Å². The number of rotatable bonds is 4. The smallest absolute Gasteiger partial charge is 0.320 e. The molecule has 0 aromatic carbocycles. The van der Waals surface area contributed by atoms with Gasteiger partial charge in [-0.1, -0.05) is 6.92 Å². The van der Waals surface area contributed by atoms with Gasteiger partial charge in [-0.15, -0.1) is 0 Å². The number of aliphatic carboxylic acids is 1. The predicted octanol–water partition coefficient (Wildman–Crippen LogP) is 0.520. The Bertz CT molecular complexity index is 197. The molecule has 1 saturated heterocycles. The molecule has 1 fully saturated rings. The summed E-state index contributed by atoms with van der Waals surface area (Å²) < 4.78 is 0. The van der Waals surface area contributed by atoms with Crippen molar-refractivity contribution in [2.75, 3.05) is 19.6 Å². The third-order valence-electron chi connectivity index (χ3n) is 2.85. The fourth-order valence-corrected chi connectivity index (χ4v) is 2.13. The number of piperidine rings is 1. The van der Waals surface area contributed by atoms with Crippen LogP contribution in [0.25, 0.3) is 0 Å². The zero-order chi connectivity index (χ0) is 10.6. The Labute approximate surface area is 85.1 Å². The summed E-state index contributed by atoms with van der Waals surface area (Å²) in [5.41, 5.74) is 5.42. The van der Waals surface area contributed by atoms with Crippen LogP contribution < -0.4 is 5.73 Å². The molecule has 82 valence electrons. The second-order valence-electron chi connectivity index (χ2n) is 4.17. The highest BCUT2D eigenvalue weighted by Gasteiger charge is 2.27. The van der Waals surface area contributed by atoms with Crippen LogP contribution in [-0.4, -0.2) is 41.7 Å². The van der Waals surface area contributed by atoms with Crippen LogP contribution in [0.1, 0.15) is 26.2 Å². The predicted molar refractivity (Wildman–Crippen MR) is 55.1 cm³/mol. The fourth-order valence-electron chi connectivity index (χ4n) is 2.13. The Hall–Kier alpha value is -0.610. The van der Waals surface area contributed by atoms with E-state index in [-0.39, 0.29) is 6.04 Å². The maximum Gasteiger partial charge on any atom is 0.320 e. The van der Waals surface area contributed by atoms with Gasteiger partial charge in [-0.3, -0.25) is 9.69 Å². The van der Waals surface area contributed by atoms with Crippen molar-refractivity contribution >= 4 is 5.97 Å². The molecule has 2 atom stereocenters. The van der Waals surface area contributed by atoms with E-state index < -0.39 is 5.97 Å². The first-order chi connectivity index (χ1) is 6.65. The molecule has 0 saturated carbocycles. The molecule has 1 aliphatic rings. The Balaban J connectivity index is 2.53. The average molecular weight is 200 g/mol. The van der Waals surface area contributed by atoms with Crippen molar-refractivity contribution in [2.24, 2.45) is 11.7 Å². The summed E-state index contributed by atoms with van der Waals surface area (Å²) in [5.74, 6) is -0.118. The van der Waals surface area contributed by atoms with Crippen LogP contribution in [0.3, 0.4) is 0 Å². The third-order valence-corrected chi connectivity index (χ3v) is 2.85. The monoisotopic (exact) mass is 200 g/mol. The summed E-state index contributed by atoms with van der Waals surface area (Å²) in [6.45, 7) is 4.42. The van der Waals surface area contributed by atoms with Crippen molar-refractivity contribution in [3.05, 3.63) is 0 Å². The van der Waals surface area contributed by atoms with E-state index in [1.165, 1.54) is 6.42 Å². The maximum atomic E-state index is 11.0. The maximum absolute atomic E-state index is 11.0. The zero-order valence-corrected chi connectivity index (χ0v) is 8.78. The lowest BCUT2D eigenvalue weighted by atomic mass is 9.98. The molecular formula is C10H20N2O2. The highest BCUT2D eigenvalue weighted by atomic mass is 16.4. The molecule has 0 bridgehead atoms. The van der Waals surface area contributed by atoms with Gasteiger partial charge in [0.1, 0.15) is 6.04 Å². The standard InChI is InChI=1S/C10H20N2O2/c1-8-3-2-6-12(7-8)9(4-5-11)10(13)14/h8-9H,2-7,11H2,1H3,(H,13,14). The lowest BCUT2D eigenvalue weighted by molar-refractivity contribution is -0.144. The number of carboxylic acid groups (broad SMARTS) is 1. The van der Waals surface area contributed by atoms with Crippen molar-refractivity contribution < 1.29 is 9.90 Å². The number of likely N-dealkylation sites (tertiary alicyclic amines) is 1. The normalized spacial score (nSPS) is 26.0. The van der Waals surface area contributed by atoms with Gasteiger partial charge in [-0.05, 0) is 38.3 Å². The van der Waals surface area contributed by atoms with Gasteiger partial charge in [0, 0.05) is 6.54 Å². The number of hydrogen-bond acceptors (Lipinski definition) is 3. The van der Waals surface area contributed by atoms with Crippen LogP contribution in [0.2, 0.25) is 0 Å². The summed E-state index contributed by atoms with van der Waals surface area (Å²) in [6, 6.07) is -0.372. The summed E-state index contributed by atoms with van der Waals surface area (Å²) in [5, 5.41) is 9.05. The minimum absolute atomic E-state index is 0.372. The van der Waals surface area contributed by atoms with Crippen molar-refractivity contribution in [3.63, 3.8) is 0 Å². The van der Waals surface area contributed by atoms with Crippen LogP contribution >= 0.6 is 0 Å². The molecule has 3 N–H and O–H groups in total. The van der Waals surface area contributed by atoms with E-state index in [2.05, 4.69) is 11.8 Å². The van der Waals surface area contributed by atoms with Crippen molar-refractivity contribution in [1.29, 1.82) is 0 Å². The van der Waals surface area contributed by atoms with Crippen LogP contribution in [0.4, 0.5) is 0 Å². The number of nitrogens with zero attached hydrogens (tertiary/aromatic N) is 1. The van der Waals surface area contributed by atoms with Crippen LogP contribution in [0.5, 0.6) is 0 Å². The van der Waals surface area contributed by atoms with Crippen LogP contribution in [0.15, 0.2) is 0 Å². The topological polar surface area (TPSA) is 66.6 Å². The summed E-state index contributed by atoms with van der Waals surface area (Å²) >= 11 is 0. The van der Waals surface area contributed by atoms with Gasteiger partial charge in [-0.2, -0.15) is 0 Å². The highest BCUT2D eigenvalue weighted by Crippen LogP contribution is 2.18.